The first-order chi connectivity index (χ1) is 51.7. The Morgan fingerprint density at radius 1 is 0.226 bits per heavy atom. The van der Waals surface area contributed by atoms with Gasteiger partial charge in [0.15, 0.2) is 12.2 Å². The van der Waals surface area contributed by atoms with Crippen LogP contribution in [0.2, 0.25) is 0 Å². The number of esters is 4. The Morgan fingerprint density at radius 3 is 0.557 bits per heavy atom. The van der Waals surface area contributed by atoms with Crippen LogP contribution in [0.15, 0.2) is 0 Å². The lowest BCUT2D eigenvalue weighted by atomic mass is 10.0. The topological polar surface area (TPSA) is 237 Å². The number of carbonyl (C=O) groups is 4. The van der Waals surface area contributed by atoms with Gasteiger partial charge in [-0.1, -0.05) is 426 Å². The van der Waals surface area contributed by atoms with Crippen molar-refractivity contribution < 1.29 is 80.2 Å². The molecule has 0 aliphatic rings. The van der Waals surface area contributed by atoms with E-state index in [4.69, 9.17) is 37.0 Å². The summed E-state index contributed by atoms with van der Waals surface area (Å²) in [5.41, 5.74) is 0. The predicted molar refractivity (Wildman–Crippen MR) is 437 cm³/mol. The normalized spacial score (nSPS) is 13.7. The highest BCUT2D eigenvalue weighted by Crippen LogP contribution is 2.45. The van der Waals surface area contributed by atoms with Gasteiger partial charge in [0.2, 0.25) is 0 Å². The Kier molecular flexibility index (Phi) is 79.6. The Bertz CT molecular complexity index is 2000. The zero-order valence-electron chi connectivity index (χ0n) is 69.4. The summed E-state index contributed by atoms with van der Waals surface area (Å²) in [5.74, 6) is -2.09. The van der Waals surface area contributed by atoms with Crippen LogP contribution >= 0.6 is 15.6 Å². The first-order valence-corrected chi connectivity index (χ1v) is 48.3. The average molecular weight is 1550 g/mol. The minimum absolute atomic E-state index is 0.109. The lowest BCUT2D eigenvalue weighted by Gasteiger charge is -2.21. The van der Waals surface area contributed by atoms with E-state index in [-0.39, 0.29) is 25.7 Å². The fourth-order valence-electron chi connectivity index (χ4n) is 13.7. The van der Waals surface area contributed by atoms with Crippen LogP contribution < -0.4 is 0 Å². The van der Waals surface area contributed by atoms with E-state index in [0.29, 0.717) is 25.7 Å². The van der Waals surface area contributed by atoms with Gasteiger partial charge in [-0.25, -0.2) is 9.13 Å². The molecule has 0 aliphatic carbocycles. The van der Waals surface area contributed by atoms with Crippen molar-refractivity contribution in [3.63, 3.8) is 0 Å². The number of aliphatic hydroxyl groups is 1. The van der Waals surface area contributed by atoms with Crippen molar-refractivity contribution in [2.75, 3.05) is 39.6 Å². The zero-order chi connectivity index (χ0) is 77.4. The van der Waals surface area contributed by atoms with Crippen molar-refractivity contribution in [2.24, 2.45) is 0 Å². The van der Waals surface area contributed by atoms with E-state index < -0.39 is 97.5 Å². The first-order valence-electron chi connectivity index (χ1n) is 45.3. The van der Waals surface area contributed by atoms with E-state index in [0.717, 1.165) is 89.9 Å². The molecule has 0 rings (SSSR count). The van der Waals surface area contributed by atoms with Gasteiger partial charge in [-0.3, -0.25) is 37.3 Å². The first kappa shape index (κ1) is 104. The third-order valence-electron chi connectivity index (χ3n) is 20.6. The standard InChI is InChI=1S/C87H170O17P2/c1-5-9-13-17-21-25-29-33-36-39-40-41-43-46-50-54-58-62-66-70-74-87(92)104-83(78-98-85(90)72-68-64-60-56-52-48-45-42-37-34-30-26-22-18-14-10-6-2)80-102-106(95,96)100-76-81(88)75-99-105(93,94)101-79-82(77-97-84(89)71-67-63-59-55-51-47-32-28-24-20-16-12-8-4)103-86(91)73-69-65-61-57-53-49-44-38-35-31-27-23-19-15-11-7-3/h81-83,88H,5-80H2,1-4H3,(H,93,94)(H,95,96)/t81-,82+,83+/m0/s1. The third kappa shape index (κ3) is 80.1. The second-order valence-corrected chi connectivity index (χ2v) is 34.2. The van der Waals surface area contributed by atoms with Crippen LogP contribution in [-0.4, -0.2) is 96.7 Å². The number of hydrogen-bond donors (Lipinski definition) is 3. The van der Waals surface area contributed by atoms with Crippen molar-refractivity contribution in [3.05, 3.63) is 0 Å². The Morgan fingerprint density at radius 2 is 0.377 bits per heavy atom. The number of unbranched alkanes of at least 4 members (excludes halogenated alkanes) is 62. The highest BCUT2D eigenvalue weighted by atomic mass is 31.2. The minimum Gasteiger partial charge on any atom is -0.462 e. The van der Waals surface area contributed by atoms with Gasteiger partial charge in [-0.2, -0.15) is 0 Å². The second kappa shape index (κ2) is 81.1. The molecule has 0 amide bonds. The maximum atomic E-state index is 13.2. The molecule has 0 heterocycles. The van der Waals surface area contributed by atoms with E-state index in [2.05, 4.69) is 27.7 Å². The maximum absolute atomic E-state index is 13.2. The number of phosphoric acid groups is 2. The van der Waals surface area contributed by atoms with Crippen LogP contribution in [0.5, 0.6) is 0 Å². The van der Waals surface area contributed by atoms with E-state index in [9.17, 15) is 43.2 Å². The molecule has 19 heteroatoms. The summed E-state index contributed by atoms with van der Waals surface area (Å²) < 4.78 is 69.0. The van der Waals surface area contributed by atoms with Gasteiger partial charge in [-0.15, -0.1) is 0 Å². The summed E-state index contributed by atoms with van der Waals surface area (Å²) in [5, 5.41) is 10.7. The number of phosphoric ester groups is 2. The van der Waals surface area contributed by atoms with Gasteiger partial charge in [0.05, 0.1) is 26.4 Å². The molecular formula is C87H170O17P2. The molecule has 2 unspecified atom stereocenters. The van der Waals surface area contributed by atoms with Crippen LogP contribution in [0.1, 0.15) is 477 Å². The second-order valence-electron chi connectivity index (χ2n) is 31.3. The van der Waals surface area contributed by atoms with Gasteiger partial charge in [0, 0.05) is 25.7 Å². The molecule has 0 radical (unpaired) electrons. The molecule has 17 nitrogen and oxygen atoms in total. The molecule has 0 spiro atoms. The molecule has 630 valence electrons. The SMILES string of the molecule is CCCCCCCCCCCCCCCCCCCCCCC(=O)O[C@H](COC(=O)CCCCCCCCCCCCCCCCCCC)COP(=O)(O)OC[C@@H](O)COP(=O)(O)OC[C@@H](COC(=O)CCCCCCCCCCCCCCC)OC(=O)CCCCCCCCCCCCCCCCCC. The fraction of sp³-hybridized carbons (Fsp3) is 0.954. The summed E-state index contributed by atoms with van der Waals surface area (Å²) in [6.45, 7) is 5.08. The van der Waals surface area contributed by atoms with Gasteiger partial charge in [-0.05, 0) is 25.7 Å². The number of ether oxygens (including phenoxy) is 4. The average Bonchev–Trinajstić information content (AvgIpc) is 0.902. The fourth-order valence-corrected chi connectivity index (χ4v) is 15.3. The summed E-state index contributed by atoms with van der Waals surface area (Å²) in [7, 11) is -9.93. The van der Waals surface area contributed by atoms with Crippen molar-refractivity contribution in [1.29, 1.82) is 0 Å². The molecule has 3 N–H and O–H groups in total. The zero-order valence-corrected chi connectivity index (χ0v) is 71.2. The van der Waals surface area contributed by atoms with Crippen molar-refractivity contribution in [3.8, 4) is 0 Å². The van der Waals surface area contributed by atoms with Crippen molar-refractivity contribution in [2.45, 2.75) is 495 Å². The number of hydrogen-bond acceptors (Lipinski definition) is 15. The molecule has 0 saturated carbocycles. The van der Waals surface area contributed by atoms with Crippen molar-refractivity contribution in [1.82, 2.24) is 0 Å². The van der Waals surface area contributed by atoms with E-state index in [1.165, 1.54) is 308 Å². The van der Waals surface area contributed by atoms with Gasteiger partial charge >= 0.3 is 39.5 Å². The highest BCUT2D eigenvalue weighted by molar-refractivity contribution is 7.47. The van der Waals surface area contributed by atoms with Gasteiger partial charge in [0.1, 0.15) is 19.3 Å². The Balaban J connectivity index is 5.26. The van der Waals surface area contributed by atoms with Gasteiger partial charge in [0.25, 0.3) is 0 Å². The van der Waals surface area contributed by atoms with Crippen LogP contribution in [-0.2, 0) is 65.4 Å². The quantitative estimate of drug-likeness (QED) is 0.0222. The van der Waals surface area contributed by atoms with Crippen molar-refractivity contribution >= 4 is 39.5 Å². The summed E-state index contributed by atoms with van der Waals surface area (Å²) in [6.07, 6.45) is 76.3. The molecule has 0 aromatic rings. The van der Waals surface area contributed by atoms with E-state index in [1.54, 1.807) is 0 Å². The van der Waals surface area contributed by atoms with Gasteiger partial charge < -0.3 is 33.8 Å². The molecule has 0 fully saturated rings. The number of carbonyl (C=O) groups excluding carboxylic acids is 4. The molecule has 0 aromatic heterocycles. The lowest BCUT2D eigenvalue weighted by molar-refractivity contribution is -0.161. The number of aliphatic hydroxyl groups excluding tert-OH is 1. The molecule has 0 aromatic carbocycles. The lowest BCUT2D eigenvalue weighted by Crippen LogP contribution is -2.30. The number of rotatable bonds is 88. The molecule has 0 saturated heterocycles. The molecular weight excluding hydrogens is 1380 g/mol. The van der Waals surface area contributed by atoms with E-state index in [1.807, 2.05) is 0 Å². The largest absolute Gasteiger partial charge is 0.472 e. The Hall–Kier alpha value is -1.94. The smallest absolute Gasteiger partial charge is 0.462 e. The summed E-state index contributed by atoms with van der Waals surface area (Å²) in [4.78, 5) is 73.3. The Labute approximate surface area is 651 Å². The highest BCUT2D eigenvalue weighted by Gasteiger charge is 2.30. The summed E-state index contributed by atoms with van der Waals surface area (Å²) >= 11 is 0. The maximum Gasteiger partial charge on any atom is 0.472 e. The molecule has 0 bridgehead atoms. The van der Waals surface area contributed by atoms with Crippen LogP contribution in [0.4, 0.5) is 0 Å². The van der Waals surface area contributed by atoms with Crippen LogP contribution in [0.3, 0.4) is 0 Å². The minimum atomic E-state index is -4.97. The monoisotopic (exact) mass is 1550 g/mol. The van der Waals surface area contributed by atoms with Crippen LogP contribution in [0, 0.1) is 0 Å². The molecule has 0 aliphatic heterocycles. The summed E-state index contributed by atoms with van der Waals surface area (Å²) in [6, 6.07) is 0. The third-order valence-corrected chi connectivity index (χ3v) is 22.5. The molecule has 5 atom stereocenters. The van der Waals surface area contributed by atoms with Crippen LogP contribution in [0.25, 0.3) is 0 Å². The van der Waals surface area contributed by atoms with E-state index >= 15 is 0 Å². The predicted octanol–water partition coefficient (Wildman–Crippen LogP) is 26.9. The molecule has 106 heavy (non-hydrogen) atoms.